The second-order valence-electron chi connectivity index (χ2n) is 6.70. The molecule has 2 aromatic heterocycles. The van der Waals surface area contributed by atoms with Gasteiger partial charge in [0.1, 0.15) is 6.10 Å². The Morgan fingerprint density at radius 3 is 2.69 bits per heavy atom. The van der Waals surface area contributed by atoms with Gasteiger partial charge in [0.05, 0.1) is 29.9 Å². The summed E-state index contributed by atoms with van der Waals surface area (Å²) in [5.41, 5.74) is 1.73. The van der Waals surface area contributed by atoms with Crippen LogP contribution in [-0.4, -0.2) is 61.6 Å². The van der Waals surface area contributed by atoms with Crippen LogP contribution in [0.15, 0.2) is 48.9 Å². The summed E-state index contributed by atoms with van der Waals surface area (Å²) in [5, 5.41) is 14.4. The first-order valence-electron chi connectivity index (χ1n) is 9.02. The maximum absolute atomic E-state index is 10.2. The van der Waals surface area contributed by atoms with Gasteiger partial charge in [-0.05, 0) is 31.0 Å². The van der Waals surface area contributed by atoms with E-state index < -0.39 is 6.10 Å². The fourth-order valence-electron chi connectivity index (χ4n) is 3.36. The van der Waals surface area contributed by atoms with Gasteiger partial charge in [-0.15, -0.1) is 0 Å². The second kappa shape index (κ2) is 7.80. The molecule has 1 N–H and O–H groups in total. The summed E-state index contributed by atoms with van der Waals surface area (Å²) in [6.07, 6.45) is 6.86. The molecule has 4 rings (SSSR count). The lowest BCUT2D eigenvalue weighted by molar-refractivity contribution is 0.0520. The Balaban J connectivity index is 1.26. The SMILES string of the molecule is OC(CN1CCC(Oc2cnc3ccccc3n2)CC1)Cn1cccn1. The number of benzene rings is 1. The van der Waals surface area contributed by atoms with Gasteiger partial charge in [0.25, 0.3) is 0 Å². The van der Waals surface area contributed by atoms with E-state index in [4.69, 9.17) is 4.74 Å². The zero-order valence-electron chi connectivity index (χ0n) is 14.6. The highest BCUT2D eigenvalue weighted by Gasteiger charge is 2.23. The van der Waals surface area contributed by atoms with Crippen LogP contribution in [0.3, 0.4) is 0 Å². The van der Waals surface area contributed by atoms with Crippen LogP contribution in [0.1, 0.15) is 12.8 Å². The van der Waals surface area contributed by atoms with Crippen LogP contribution in [0.4, 0.5) is 0 Å². The van der Waals surface area contributed by atoms with E-state index >= 15 is 0 Å². The smallest absolute Gasteiger partial charge is 0.233 e. The van der Waals surface area contributed by atoms with E-state index in [1.54, 1.807) is 17.1 Å². The highest BCUT2D eigenvalue weighted by Crippen LogP contribution is 2.19. The molecule has 3 aromatic rings. The molecule has 1 atom stereocenters. The molecule has 1 aliphatic rings. The minimum Gasteiger partial charge on any atom is -0.473 e. The van der Waals surface area contributed by atoms with E-state index in [2.05, 4.69) is 20.0 Å². The summed E-state index contributed by atoms with van der Waals surface area (Å²) in [7, 11) is 0. The van der Waals surface area contributed by atoms with Crippen molar-refractivity contribution in [2.75, 3.05) is 19.6 Å². The van der Waals surface area contributed by atoms with Crippen LogP contribution >= 0.6 is 0 Å². The molecule has 0 bridgehead atoms. The predicted molar refractivity (Wildman–Crippen MR) is 97.9 cm³/mol. The van der Waals surface area contributed by atoms with Crippen LogP contribution in [0.25, 0.3) is 11.0 Å². The molecule has 7 nitrogen and oxygen atoms in total. The molecule has 1 unspecified atom stereocenters. The molecule has 0 aliphatic carbocycles. The van der Waals surface area contributed by atoms with Crippen LogP contribution in [0.5, 0.6) is 5.88 Å². The van der Waals surface area contributed by atoms with Crippen LogP contribution in [-0.2, 0) is 6.54 Å². The molecule has 0 spiro atoms. The quantitative estimate of drug-likeness (QED) is 0.727. The summed E-state index contributed by atoms with van der Waals surface area (Å²) in [6, 6.07) is 9.66. The van der Waals surface area contributed by atoms with Crippen molar-refractivity contribution < 1.29 is 9.84 Å². The van der Waals surface area contributed by atoms with Crippen molar-refractivity contribution in [3.63, 3.8) is 0 Å². The van der Waals surface area contributed by atoms with Gasteiger partial charge in [-0.1, -0.05) is 12.1 Å². The Morgan fingerprint density at radius 2 is 1.92 bits per heavy atom. The maximum atomic E-state index is 10.2. The Kier molecular flexibility index (Phi) is 5.08. The molecule has 136 valence electrons. The Bertz CT molecular complexity index is 831. The van der Waals surface area contributed by atoms with Crippen LogP contribution < -0.4 is 4.74 Å². The number of ether oxygens (including phenoxy) is 1. The largest absolute Gasteiger partial charge is 0.473 e. The summed E-state index contributed by atoms with van der Waals surface area (Å²) >= 11 is 0. The number of hydrogen-bond acceptors (Lipinski definition) is 6. The molecule has 0 radical (unpaired) electrons. The van der Waals surface area contributed by atoms with E-state index in [0.29, 0.717) is 19.0 Å². The van der Waals surface area contributed by atoms with Crippen molar-refractivity contribution in [3.8, 4) is 5.88 Å². The van der Waals surface area contributed by atoms with Gasteiger partial charge < -0.3 is 14.7 Å². The molecule has 0 amide bonds. The monoisotopic (exact) mass is 353 g/mol. The number of aliphatic hydroxyl groups is 1. The van der Waals surface area contributed by atoms with E-state index in [1.165, 1.54) is 0 Å². The van der Waals surface area contributed by atoms with Crippen molar-refractivity contribution in [2.24, 2.45) is 0 Å². The Hall–Kier alpha value is -2.51. The number of piperidine rings is 1. The first-order valence-corrected chi connectivity index (χ1v) is 9.02. The zero-order valence-corrected chi connectivity index (χ0v) is 14.6. The molecular weight excluding hydrogens is 330 g/mol. The fourth-order valence-corrected chi connectivity index (χ4v) is 3.36. The molecule has 1 fully saturated rings. The summed E-state index contributed by atoms with van der Waals surface area (Å²) in [6.45, 7) is 2.99. The third-order valence-corrected chi connectivity index (χ3v) is 4.67. The van der Waals surface area contributed by atoms with Gasteiger partial charge in [-0.3, -0.25) is 4.68 Å². The number of aromatic nitrogens is 4. The van der Waals surface area contributed by atoms with Gasteiger partial charge >= 0.3 is 0 Å². The number of aliphatic hydroxyl groups excluding tert-OH is 1. The van der Waals surface area contributed by atoms with E-state index in [0.717, 1.165) is 37.0 Å². The molecule has 1 aromatic carbocycles. The Labute approximate surface area is 152 Å². The van der Waals surface area contributed by atoms with E-state index in [1.807, 2.05) is 36.5 Å². The summed E-state index contributed by atoms with van der Waals surface area (Å²) in [5.74, 6) is 0.584. The average molecular weight is 353 g/mol. The molecule has 3 heterocycles. The van der Waals surface area contributed by atoms with Crippen LogP contribution in [0, 0.1) is 0 Å². The predicted octanol–water partition coefficient (Wildman–Crippen LogP) is 1.73. The minimum absolute atomic E-state index is 0.143. The maximum Gasteiger partial charge on any atom is 0.233 e. The number of likely N-dealkylation sites (tertiary alicyclic amines) is 1. The minimum atomic E-state index is -0.418. The van der Waals surface area contributed by atoms with Gasteiger partial charge in [0, 0.05) is 32.0 Å². The number of β-amino-alcohol motifs (C(OH)–C–C–N with tert-alkyl or cyclic N) is 1. The topological polar surface area (TPSA) is 76.3 Å². The third kappa shape index (κ3) is 4.17. The standard InChI is InChI=1S/C19H23N5O2/c25-15(14-24-9-3-8-21-24)13-23-10-6-16(7-11-23)26-19-12-20-17-4-1-2-5-18(17)22-19/h1-5,8-9,12,15-16,25H,6-7,10-11,13-14H2. The third-order valence-electron chi connectivity index (χ3n) is 4.67. The van der Waals surface area contributed by atoms with Crippen molar-refractivity contribution >= 4 is 11.0 Å². The summed E-state index contributed by atoms with van der Waals surface area (Å²) < 4.78 is 7.79. The van der Waals surface area contributed by atoms with Gasteiger partial charge in [0.15, 0.2) is 0 Å². The lowest BCUT2D eigenvalue weighted by Crippen LogP contribution is -2.42. The van der Waals surface area contributed by atoms with Gasteiger partial charge in [-0.2, -0.15) is 5.10 Å². The van der Waals surface area contributed by atoms with E-state index in [9.17, 15) is 5.11 Å². The highest BCUT2D eigenvalue weighted by molar-refractivity contribution is 5.73. The Morgan fingerprint density at radius 1 is 1.12 bits per heavy atom. The zero-order chi connectivity index (χ0) is 17.8. The van der Waals surface area contributed by atoms with Crippen LogP contribution in [0.2, 0.25) is 0 Å². The van der Waals surface area contributed by atoms with Crippen molar-refractivity contribution in [1.82, 2.24) is 24.6 Å². The first kappa shape index (κ1) is 16.9. The molecular formula is C19H23N5O2. The lowest BCUT2D eigenvalue weighted by atomic mass is 10.1. The molecule has 0 saturated carbocycles. The average Bonchev–Trinajstić information content (AvgIpc) is 3.16. The highest BCUT2D eigenvalue weighted by atomic mass is 16.5. The first-order chi connectivity index (χ1) is 12.8. The van der Waals surface area contributed by atoms with Gasteiger partial charge in [0.2, 0.25) is 5.88 Å². The second-order valence-corrected chi connectivity index (χ2v) is 6.70. The van der Waals surface area contributed by atoms with E-state index in [-0.39, 0.29) is 6.10 Å². The van der Waals surface area contributed by atoms with Crippen molar-refractivity contribution in [2.45, 2.75) is 31.6 Å². The normalized spacial score (nSPS) is 17.4. The molecule has 7 heteroatoms. The number of rotatable bonds is 6. The van der Waals surface area contributed by atoms with Crippen molar-refractivity contribution in [1.29, 1.82) is 0 Å². The number of fused-ring (bicyclic) bond motifs is 1. The molecule has 1 saturated heterocycles. The molecule has 26 heavy (non-hydrogen) atoms. The fraction of sp³-hybridized carbons (Fsp3) is 0.421. The summed E-state index contributed by atoms with van der Waals surface area (Å²) in [4.78, 5) is 11.2. The van der Waals surface area contributed by atoms with Gasteiger partial charge in [-0.25, -0.2) is 9.97 Å². The lowest BCUT2D eigenvalue weighted by Gasteiger charge is -2.33. The number of para-hydroxylation sites is 2. The number of hydrogen-bond donors (Lipinski definition) is 1. The van der Waals surface area contributed by atoms with Crippen molar-refractivity contribution in [3.05, 3.63) is 48.9 Å². The molecule has 1 aliphatic heterocycles. The number of nitrogens with zero attached hydrogens (tertiary/aromatic N) is 5.